The van der Waals surface area contributed by atoms with E-state index in [9.17, 15) is 4.79 Å². The van der Waals surface area contributed by atoms with E-state index in [1.807, 2.05) is 29.6 Å². The monoisotopic (exact) mass is 300 g/mol. The maximum Gasteiger partial charge on any atom is 0.350 e. The Morgan fingerprint density at radius 2 is 2.10 bits per heavy atom. The van der Waals surface area contributed by atoms with Crippen molar-refractivity contribution in [3.05, 3.63) is 46.7 Å². The van der Waals surface area contributed by atoms with Crippen LogP contribution in [0.5, 0.6) is 0 Å². The van der Waals surface area contributed by atoms with Crippen LogP contribution in [0.1, 0.15) is 22.5 Å². The number of hydrogen-bond acceptors (Lipinski definition) is 4. The number of anilines is 1. The van der Waals surface area contributed by atoms with E-state index < -0.39 is 0 Å². The van der Waals surface area contributed by atoms with E-state index in [0.29, 0.717) is 10.6 Å². The predicted molar refractivity (Wildman–Crippen MR) is 85.8 cm³/mol. The number of nitrogens with zero attached hydrogens (tertiary/aromatic N) is 2. The van der Waals surface area contributed by atoms with Gasteiger partial charge in [-0.25, -0.2) is 9.79 Å². The first-order valence-electron chi connectivity index (χ1n) is 6.85. The van der Waals surface area contributed by atoms with Gasteiger partial charge in [0.15, 0.2) is 0 Å². The molecule has 21 heavy (non-hydrogen) atoms. The summed E-state index contributed by atoms with van der Waals surface area (Å²) in [6.45, 7) is 0.959. The molecule has 108 valence electrons. The van der Waals surface area contributed by atoms with Gasteiger partial charge >= 0.3 is 5.97 Å². The van der Waals surface area contributed by atoms with Gasteiger partial charge in [-0.2, -0.15) is 0 Å². The Bertz CT molecular complexity index is 664. The SMILES string of the molecule is COC(=O)c1sccc1/N=C1\CCCN1c1ccccc1. The van der Waals surface area contributed by atoms with Crippen LogP contribution in [-0.2, 0) is 4.74 Å². The number of carbonyl (C=O) groups excluding carboxylic acids is 1. The van der Waals surface area contributed by atoms with Crippen molar-refractivity contribution < 1.29 is 9.53 Å². The third-order valence-corrected chi connectivity index (χ3v) is 4.31. The fourth-order valence-corrected chi connectivity index (χ4v) is 3.18. The van der Waals surface area contributed by atoms with Gasteiger partial charge in [0.2, 0.25) is 0 Å². The molecule has 0 saturated carbocycles. The lowest BCUT2D eigenvalue weighted by Gasteiger charge is -2.18. The highest BCUT2D eigenvalue weighted by Crippen LogP contribution is 2.29. The van der Waals surface area contributed by atoms with E-state index in [2.05, 4.69) is 17.0 Å². The number of esters is 1. The molecule has 1 aromatic heterocycles. The van der Waals surface area contributed by atoms with Crippen molar-refractivity contribution in [2.24, 2.45) is 4.99 Å². The molecular weight excluding hydrogens is 284 g/mol. The molecule has 3 rings (SSSR count). The Balaban J connectivity index is 1.92. The maximum absolute atomic E-state index is 11.7. The number of benzene rings is 1. The van der Waals surface area contributed by atoms with Crippen molar-refractivity contribution in [3.8, 4) is 0 Å². The van der Waals surface area contributed by atoms with E-state index in [1.165, 1.54) is 18.4 Å². The first-order valence-corrected chi connectivity index (χ1v) is 7.73. The van der Waals surface area contributed by atoms with Crippen LogP contribution in [0.25, 0.3) is 0 Å². The molecule has 0 aliphatic carbocycles. The molecule has 1 aliphatic rings. The summed E-state index contributed by atoms with van der Waals surface area (Å²) in [5.74, 6) is 0.679. The first kappa shape index (κ1) is 13.8. The average molecular weight is 300 g/mol. The molecule has 0 bridgehead atoms. The third kappa shape index (κ3) is 2.83. The molecule has 1 aromatic carbocycles. The van der Waals surface area contributed by atoms with Crippen LogP contribution in [0, 0.1) is 0 Å². The zero-order valence-corrected chi connectivity index (χ0v) is 12.6. The van der Waals surface area contributed by atoms with Gasteiger partial charge in [-0.3, -0.25) is 0 Å². The van der Waals surface area contributed by atoms with Gasteiger partial charge in [-0.05, 0) is 30.0 Å². The van der Waals surface area contributed by atoms with Crippen LogP contribution in [-0.4, -0.2) is 25.5 Å². The molecule has 1 saturated heterocycles. The van der Waals surface area contributed by atoms with Gasteiger partial charge in [0.25, 0.3) is 0 Å². The molecule has 4 nitrogen and oxygen atoms in total. The number of ether oxygens (including phenoxy) is 1. The molecule has 0 atom stereocenters. The van der Waals surface area contributed by atoms with E-state index >= 15 is 0 Å². The molecule has 0 radical (unpaired) electrons. The van der Waals surface area contributed by atoms with Crippen LogP contribution >= 0.6 is 11.3 Å². The smallest absolute Gasteiger partial charge is 0.350 e. The molecule has 2 aromatic rings. The minimum Gasteiger partial charge on any atom is -0.465 e. The summed E-state index contributed by atoms with van der Waals surface area (Å²) in [7, 11) is 1.39. The predicted octanol–water partition coefficient (Wildman–Crippen LogP) is 3.87. The average Bonchev–Trinajstić information content (AvgIpc) is 3.17. The van der Waals surface area contributed by atoms with Gasteiger partial charge in [-0.1, -0.05) is 18.2 Å². The summed E-state index contributed by atoms with van der Waals surface area (Å²) >= 11 is 1.36. The summed E-state index contributed by atoms with van der Waals surface area (Å²) in [6.07, 6.45) is 2.00. The van der Waals surface area contributed by atoms with Crippen LogP contribution < -0.4 is 4.90 Å². The van der Waals surface area contributed by atoms with Crippen LogP contribution in [0.4, 0.5) is 11.4 Å². The van der Waals surface area contributed by atoms with Crippen molar-refractivity contribution in [2.75, 3.05) is 18.6 Å². The number of aliphatic imine (C=N–C) groups is 1. The first-order chi connectivity index (χ1) is 10.3. The minimum atomic E-state index is -0.325. The number of hydrogen-bond donors (Lipinski definition) is 0. The quantitative estimate of drug-likeness (QED) is 0.808. The van der Waals surface area contributed by atoms with E-state index in [-0.39, 0.29) is 5.97 Å². The molecule has 0 amide bonds. The van der Waals surface area contributed by atoms with Crippen LogP contribution in [0.2, 0.25) is 0 Å². The maximum atomic E-state index is 11.7. The fraction of sp³-hybridized carbons (Fsp3) is 0.250. The van der Waals surface area contributed by atoms with Crippen molar-refractivity contribution in [1.29, 1.82) is 0 Å². The molecular formula is C16H16N2O2S. The zero-order valence-electron chi connectivity index (χ0n) is 11.8. The largest absolute Gasteiger partial charge is 0.465 e. The van der Waals surface area contributed by atoms with Gasteiger partial charge in [0.05, 0.1) is 12.8 Å². The zero-order chi connectivity index (χ0) is 14.7. The number of thiophene rings is 1. The van der Waals surface area contributed by atoms with E-state index in [1.54, 1.807) is 0 Å². The Hall–Kier alpha value is -2.14. The third-order valence-electron chi connectivity index (χ3n) is 3.43. The highest BCUT2D eigenvalue weighted by atomic mass is 32.1. The number of para-hydroxylation sites is 1. The molecule has 1 fully saturated rings. The molecule has 0 unspecified atom stereocenters. The summed E-state index contributed by atoms with van der Waals surface area (Å²) in [5, 5.41) is 1.87. The summed E-state index contributed by atoms with van der Waals surface area (Å²) in [4.78, 5) is 19.2. The number of methoxy groups -OCH3 is 1. The number of rotatable bonds is 3. The van der Waals surface area contributed by atoms with Gasteiger partial charge in [0.1, 0.15) is 10.7 Å². The highest BCUT2D eigenvalue weighted by Gasteiger charge is 2.21. The van der Waals surface area contributed by atoms with E-state index in [4.69, 9.17) is 9.73 Å². The van der Waals surface area contributed by atoms with Crippen molar-refractivity contribution >= 4 is 34.5 Å². The topological polar surface area (TPSA) is 41.9 Å². The molecule has 0 spiro atoms. The lowest BCUT2D eigenvalue weighted by atomic mass is 10.3. The normalized spacial score (nSPS) is 16.4. The minimum absolute atomic E-state index is 0.325. The molecule has 0 N–H and O–H groups in total. The van der Waals surface area contributed by atoms with Crippen molar-refractivity contribution in [1.82, 2.24) is 0 Å². The summed E-state index contributed by atoms with van der Waals surface area (Å²) in [6, 6.07) is 12.1. The second kappa shape index (κ2) is 6.10. The lowest BCUT2D eigenvalue weighted by Crippen LogP contribution is -2.23. The Labute approximate surface area is 127 Å². The van der Waals surface area contributed by atoms with Crippen molar-refractivity contribution in [3.63, 3.8) is 0 Å². The molecule has 2 heterocycles. The second-order valence-corrected chi connectivity index (χ2v) is 5.66. The summed E-state index contributed by atoms with van der Waals surface area (Å²) in [5.41, 5.74) is 1.84. The highest BCUT2D eigenvalue weighted by molar-refractivity contribution is 7.12. The standard InChI is InChI=1S/C16H16N2O2S/c1-20-16(19)15-13(9-11-21-15)17-14-8-5-10-18(14)12-6-3-2-4-7-12/h2-4,6-7,9,11H,5,8,10H2,1H3/b17-14+. The van der Waals surface area contributed by atoms with E-state index in [0.717, 1.165) is 30.9 Å². The van der Waals surface area contributed by atoms with Gasteiger partial charge in [0, 0.05) is 18.7 Å². The molecule has 5 heteroatoms. The van der Waals surface area contributed by atoms with Crippen LogP contribution in [0.15, 0.2) is 46.8 Å². The van der Waals surface area contributed by atoms with Gasteiger partial charge in [-0.15, -0.1) is 11.3 Å². The lowest BCUT2D eigenvalue weighted by molar-refractivity contribution is 0.0607. The second-order valence-electron chi connectivity index (χ2n) is 4.75. The van der Waals surface area contributed by atoms with Crippen LogP contribution in [0.3, 0.4) is 0 Å². The fourth-order valence-electron chi connectivity index (χ4n) is 2.44. The molecule has 1 aliphatic heterocycles. The van der Waals surface area contributed by atoms with Crippen molar-refractivity contribution in [2.45, 2.75) is 12.8 Å². The number of carbonyl (C=O) groups is 1. The Morgan fingerprint density at radius 3 is 2.86 bits per heavy atom. The Morgan fingerprint density at radius 1 is 1.29 bits per heavy atom. The number of amidine groups is 1. The summed E-state index contributed by atoms with van der Waals surface area (Å²) < 4.78 is 4.80. The Kier molecular flexibility index (Phi) is 4.01. The van der Waals surface area contributed by atoms with Gasteiger partial charge < -0.3 is 9.64 Å².